The standard InChI is InChI=1S/C3H7ClO5S.Na.H/c4-1-3(5)2-9-10(6,7)8;;/h3,5H,1-2H2,(H,6,7,8);;. The minimum atomic E-state index is -4.45. The predicted molar refractivity (Wildman–Crippen MR) is 41.4 cm³/mol. The van der Waals surface area contributed by atoms with Gasteiger partial charge in [-0.05, 0) is 0 Å². The first kappa shape index (κ1) is 14.6. The summed E-state index contributed by atoms with van der Waals surface area (Å²) in [4.78, 5) is 0. The van der Waals surface area contributed by atoms with Crippen molar-refractivity contribution in [1.29, 1.82) is 0 Å². The summed E-state index contributed by atoms with van der Waals surface area (Å²) >= 11 is 5.07. The molecule has 0 fully saturated rings. The van der Waals surface area contributed by atoms with Crippen molar-refractivity contribution < 1.29 is 22.3 Å². The van der Waals surface area contributed by atoms with Crippen LogP contribution >= 0.6 is 11.6 Å². The molecule has 0 saturated carbocycles. The van der Waals surface area contributed by atoms with Crippen LogP contribution in [0.4, 0.5) is 0 Å². The summed E-state index contributed by atoms with van der Waals surface area (Å²) in [6.07, 6.45) is -1.08. The van der Waals surface area contributed by atoms with Gasteiger partial charge in [0.15, 0.2) is 0 Å². The van der Waals surface area contributed by atoms with Gasteiger partial charge < -0.3 is 5.11 Å². The molecule has 0 spiro atoms. The van der Waals surface area contributed by atoms with Gasteiger partial charge in [-0.3, -0.25) is 4.55 Å². The van der Waals surface area contributed by atoms with E-state index >= 15 is 0 Å². The van der Waals surface area contributed by atoms with Gasteiger partial charge in [-0.2, -0.15) is 8.42 Å². The Morgan fingerprint density at radius 3 is 2.27 bits per heavy atom. The van der Waals surface area contributed by atoms with Crippen LogP contribution in [0.3, 0.4) is 0 Å². The first-order valence-electron chi connectivity index (χ1n) is 2.31. The topological polar surface area (TPSA) is 83.8 Å². The van der Waals surface area contributed by atoms with E-state index in [0.717, 1.165) is 0 Å². The first-order valence-corrected chi connectivity index (χ1v) is 4.21. The van der Waals surface area contributed by atoms with E-state index < -0.39 is 23.1 Å². The van der Waals surface area contributed by atoms with Crippen molar-refractivity contribution in [2.75, 3.05) is 12.5 Å². The molecule has 0 aromatic carbocycles. The summed E-state index contributed by atoms with van der Waals surface area (Å²) in [5.41, 5.74) is 0. The molecule has 0 bridgehead atoms. The molecule has 2 N–H and O–H groups in total. The van der Waals surface area contributed by atoms with Crippen LogP contribution in [-0.4, -0.2) is 66.2 Å². The predicted octanol–water partition coefficient (Wildman–Crippen LogP) is -1.24. The van der Waals surface area contributed by atoms with Crippen LogP contribution in [0.1, 0.15) is 0 Å². The van der Waals surface area contributed by atoms with Crippen molar-refractivity contribution in [2.45, 2.75) is 6.10 Å². The Hall–Kier alpha value is 1.12. The van der Waals surface area contributed by atoms with E-state index in [0.29, 0.717) is 0 Å². The van der Waals surface area contributed by atoms with Gasteiger partial charge in [-0.1, -0.05) is 0 Å². The zero-order valence-corrected chi connectivity index (χ0v) is 6.47. The van der Waals surface area contributed by atoms with E-state index in [4.69, 9.17) is 21.3 Å². The van der Waals surface area contributed by atoms with E-state index in [1.54, 1.807) is 0 Å². The summed E-state index contributed by atoms with van der Waals surface area (Å²) in [5, 5.41) is 8.59. The van der Waals surface area contributed by atoms with Gasteiger partial charge >= 0.3 is 40.0 Å². The van der Waals surface area contributed by atoms with Crippen LogP contribution in [0.25, 0.3) is 0 Å². The Labute approximate surface area is 91.9 Å². The maximum atomic E-state index is 9.83. The molecule has 0 amide bonds. The van der Waals surface area contributed by atoms with Crippen molar-refractivity contribution in [3.8, 4) is 0 Å². The number of hydrogen-bond acceptors (Lipinski definition) is 4. The molecule has 8 heteroatoms. The molecule has 11 heavy (non-hydrogen) atoms. The van der Waals surface area contributed by atoms with Crippen molar-refractivity contribution in [3.05, 3.63) is 0 Å². The van der Waals surface area contributed by atoms with E-state index in [9.17, 15) is 8.42 Å². The van der Waals surface area contributed by atoms with Crippen LogP contribution < -0.4 is 0 Å². The first-order chi connectivity index (χ1) is 4.45. The fraction of sp³-hybridized carbons (Fsp3) is 1.00. The van der Waals surface area contributed by atoms with Crippen LogP contribution in [0, 0.1) is 0 Å². The molecular weight excluding hydrogens is 207 g/mol. The molecule has 0 aliphatic carbocycles. The average Bonchev–Trinajstić information content (AvgIpc) is 1.81. The van der Waals surface area contributed by atoms with Crippen molar-refractivity contribution in [3.63, 3.8) is 0 Å². The zero-order valence-electron chi connectivity index (χ0n) is 4.90. The second-order valence-electron chi connectivity index (χ2n) is 1.52. The van der Waals surface area contributed by atoms with Crippen molar-refractivity contribution in [2.24, 2.45) is 0 Å². The summed E-state index contributed by atoms with van der Waals surface area (Å²) in [7, 11) is -4.45. The third kappa shape index (κ3) is 11.1. The third-order valence-corrected chi connectivity index (χ3v) is 1.38. The van der Waals surface area contributed by atoms with Gasteiger partial charge in [-0.25, -0.2) is 4.18 Å². The molecule has 0 aliphatic heterocycles. The molecule has 0 radical (unpaired) electrons. The summed E-state index contributed by atoms with van der Waals surface area (Å²) in [6, 6.07) is 0. The SMILES string of the molecule is O=S(=O)(O)OCC(O)CCl.[NaH]. The molecule has 0 heterocycles. The fourth-order valence-corrected chi connectivity index (χ4v) is 0.627. The molecular formula is C3H8ClNaO5S. The fourth-order valence-electron chi connectivity index (χ4n) is 0.209. The Kier molecular flexibility index (Phi) is 8.80. The van der Waals surface area contributed by atoms with E-state index in [2.05, 4.69) is 4.18 Å². The molecule has 0 aromatic heterocycles. The van der Waals surface area contributed by atoms with Crippen LogP contribution in [0.2, 0.25) is 0 Å². The summed E-state index contributed by atoms with van der Waals surface area (Å²) in [5.74, 6) is -0.143. The zero-order chi connectivity index (χ0) is 8.20. The quantitative estimate of drug-likeness (QED) is 0.347. The minimum absolute atomic E-state index is 0. The average molecular weight is 215 g/mol. The van der Waals surface area contributed by atoms with E-state index in [-0.39, 0.29) is 35.4 Å². The van der Waals surface area contributed by atoms with Gasteiger partial charge in [0, 0.05) is 0 Å². The van der Waals surface area contributed by atoms with Crippen LogP contribution in [0.15, 0.2) is 0 Å². The number of aliphatic hydroxyl groups excluding tert-OH is 1. The van der Waals surface area contributed by atoms with Gasteiger partial charge in [0.05, 0.1) is 18.6 Å². The Morgan fingerprint density at radius 1 is 1.55 bits per heavy atom. The molecule has 0 aromatic rings. The second kappa shape index (κ2) is 6.62. The van der Waals surface area contributed by atoms with Gasteiger partial charge in [-0.15, -0.1) is 11.6 Å². The van der Waals surface area contributed by atoms with Crippen molar-refractivity contribution in [1.82, 2.24) is 0 Å². The molecule has 0 saturated heterocycles. The van der Waals surface area contributed by atoms with Gasteiger partial charge in [0.1, 0.15) is 0 Å². The second-order valence-corrected chi connectivity index (χ2v) is 2.92. The monoisotopic (exact) mass is 214 g/mol. The number of alkyl halides is 1. The van der Waals surface area contributed by atoms with Gasteiger partial charge in [0.2, 0.25) is 0 Å². The summed E-state index contributed by atoms with van der Waals surface area (Å²) < 4.78 is 31.4. The van der Waals surface area contributed by atoms with Gasteiger partial charge in [0.25, 0.3) is 0 Å². The van der Waals surface area contributed by atoms with E-state index in [1.807, 2.05) is 0 Å². The van der Waals surface area contributed by atoms with Crippen LogP contribution in [0.5, 0.6) is 0 Å². The van der Waals surface area contributed by atoms with Crippen molar-refractivity contribution >= 4 is 51.6 Å². The Bertz CT molecular complexity index is 180. The number of aliphatic hydroxyl groups is 1. The normalized spacial score (nSPS) is 13.7. The Morgan fingerprint density at radius 2 is 2.00 bits per heavy atom. The molecule has 0 aliphatic rings. The third-order valence-electron chi connectivity index (χ3n) is 0.587. The maximum absolute atomic E-state index is 9.83. The number of rotatable bonds is 4. The number of hydrogen-bond donors (Lipinski definition) is 2. The van der Waals surface area contributed by atoms with Crippen LogP contribution in [-0.2, 0) is 14.6 Å². The molecule has 1 unspecified atom stereocenters. The molecule has 64 valence electrons. The van der Waals surface area contributed by atoms with E-state index in [1.165, 1.54) is 0 Å². The molecule has 0 rings (SSSR count). The molecule has 5 nitrogen and oxygen atoms in total. The molecule has 1 atom stereocenters. The Balaban J connectivity index is 0. The number of halogens is 1. The summed E-state index contributed by atoms with van der Waals surface area (Å²) in [6.45, 7) is -0.525.